The van der Waals surface area contributed by atoms with Crippen LogP contribution in [0.1, 0.15) is 87.1 Å². The number of carbonyl (C=O) groups is 8. The highest BCUT2D eigenvalue weighted by Gasteiger charge is 2.16. The zero-order valence-corrected chi connectivity index (χ0v) is 40.6. The van der Waals surface area contributed by atoms with E-state index in [9.17, 15) is 38.4 Å². The Labute approximate surface area is 396 Å². The maximum absolute atomic E-state index is 12.4. The third kappa shape index (κ3) is 21.9. The second-order valence-electron chi connectivity index (χ2n) is 14.6. The summed E-state index contributed by atoms with van der Waals surface area (Å²) in [5.74, 6) is 1.50. The molecule has 0 saturated heterocycles. The lowest BCUT2D eigenvalue weighted by atomic mass is 10.3. The van der Waals surface area contributed by atoms with Crippen molar-refractivity contribution >= 4 is 71.9 Å². The van der Waals surface area contributed by atoms with Crippen molar-refractivity contribution in [2.75, 3.05) is 68.6 Å². The Morgan fingerprint density at radius 2 is 1.35 bits per heavy atom. The van der Waals surface area contributed by atoms with Gasteiger partial charge in [-0.05, 0) is 32.5 Å². The molecule has 5 amide bonds. The van der Waals surface area contributed by atoms with E-state index in [2.05, 4.69) is 64.4 Å². The number of carbonyl (C=O) groups excluding carboxylic acids is 8. The van der Waals surface area contributed by atoms with E-state index in [1.165, 1.54) is 23.0 Å². The zero-order chi connectivity index (χ0) is 51.0. The first-order valence-electron chi connectivity index (χ1n) is 21.5. The van der Waals surface area contributed by atoms with Crippen LogP contribution in [0.15, 0.2) is 49.3 Å². The highest BCUT2D eigenvalue weighted by atomic mass is 16.2. The van der Waals surface area contributed by atoms with Crippen molar-refractivity contribution in [1.82, 2.24) is 59.1 Å². The van der Waals surface area contributed by atoms with E-state index in [0.717, 1.165) is 55.8 Å². The number of rotatable bonds is 21. The van der Waals surface area contributed by atoms with E-state index in [4.69, 9.17) is 0 Å². The molecule has 5 aromatic rings. The third-order valence-electron chi connectivity index (χ3n) is 9.20. The first-order chi connectivity index (χ1) is 32.5. The molecule has 0 atom stereocenters. The molecule has 0 aromatic carbocycles. The van der Waals surface area contributed by atoms with Crippen LogP contribution in [0.25, 0.3) is 0 Å². The molecule has 0 spiro atoms. The van der Waals surface area contributed by atoms with E-state index in [1.807, 2.05) is 59.1 Å². The van der Waals surface area contributed by atoms with Gasteiger partial charge >= 0.3 is 0 Å². The molecular weight excluding hydrogens is 881 g/mol. The maximum atomic E-state index is 12.4. The minimum Gasteiger partial charge on any atom is -0.387 e. The minimum atomic E-state index is -0.395. The number of nitrogens with one attached hydrogen (secondary N) is 8. The van der Waals surface area contributed by atoms with E-state index in [0.29, 0.717) is 49.2 Å². The molecule has 5 aromatic heterocycles. The normalized spacial score (nSPS) is 9.79. The summed E-state index contributed by atoms with van der Waals surface area (Å²) in [4.78, 5) is 100. The van der Waals surface area contributed by atoms with Crippen LogP contribution in [0.3, 0.4) is 0 Å². The number of amides is 5. The lowest BCUT2D eigenvalue weighted by molar-refractivity contribution is -0.121. The van der Waals surface area contributed by atoms with Crippen molar-refractivity contribution in [3.63, 3.8) is 0 Å². The van der Waals surface area contributed by atoms with Gasteiger partial charge in [0.25, 0.3) is 11.8 Å². The van der Waals surface area contributed by atoms with Gasteiger partial charge < -0.3 is 70.2 Å². The Balaban J connectivity index is 0.000000508. The quantitative estimate of drug-likeness (QED) is 0.0385. The number of hydrogen-bond acceptors (Lipinski definition) is 14. The lowest BCUT2D eigenvalue weighted by Gasteiger charge is -2.06. The molecule has 0 aliphatic carbocycles. The van der Waals surface area contributed by atoms with Gasteiger partial charge in [-0.1, -0.05) is 13.3 Å². The van der Waals surface area contributed by atoms with E-state index in [1.54, 1.807) is 53.3 Å². The molecular formula is C44H68N16O8. The predicted molar refractivity (Wildman–Crippen MR) is 260 cm³/mol. The molecule has 5 rings (SSSR count). The van der Waals surface area contributed by atoms with Crippen molar-refractivity contribution < 1.29 is 38.4 Å². The first-order valence-corrected chi connectivity index (χ1v) is 21.5. The summed E-state index contributed by atoms with van der Waals surface area (Å²) in [5, 5.41) is 21.8. The van der Waals surface area contributed by atoms with Gasteiger partial charge in [-0.25, -0.2) is 15.0 Å². The Morgan fingerprint density at radius 1 is 0.662 bits per heavy atom. The van der Waals surface area contributed by atoms with Gasteiger partial charge in [0.15, 0.2) is 30.0 Å². The summed E-state index contributed by atoms with van der Waals surface area (Å²) in [7, 11) is 14.3. The molecule has 372 valence electrons. The Morgan fingerprint density at radius 3 is 1.84 bits per heavy atom. The second-order valence-corrected chi connectivity index (χ2v) is 14.6. The summed E-state index contributed by atoms with van der Waals surface area (Å²) in [6.45, 7) is 6.08. The van der Waals surface area contributed by atoms with Crippen LogP contribution in [0.4, 0.5) is 23.0 Å². The Bertz CT molecular complexity index is 2320. The number of anilines is 4. The molecule has 0 unspecified atom stereocenters. The van der Waals surface area contributed by atoms with E-state index in [-0.39, 0.29) is 42.2 Å². The third-order valence-corrected chi connectivity index (χ3v) is 9.20. The number of imidazole rings is 3. The van der Waals surface area contributed by atoms with Crippen LogP contribution in [0.2, 0.25) is 0 Å². The molecule has 0 aliphatic heterocycles. The van der Waals surface area contributed by atoms with Gasteiger partial charge in [-0.3, -0.25) is 33.6 Å². The Hall–Kier alpha value is -7.89. The number of nitrogens with zero attached hydrogens (tertiary/aromatic N) is 8. The van der Waals surface area contributed by atoms with E-state index < -0.39 is 11.8 Å². The van der Waals surface area contributed by atoms with Crippen LogP contribution < -0.4 is 42.5 Å². The highest BCUT2D eigenvalue weighted by Crippen LogP contribution is 2.14. The second kappa shape index (κ2) is 32.7. The molecule has 68 heavy (non-hydrogen) atoms. The molecule has 0 radical (unpaired) electrons. The van der Waals surface area contributed by atoms with Gasteiger partial charge in [0.2, 0.25) is 18.2 Å². The fraction of sp³-hybridized carbons (Fsp3) is 0.432. The summed E-state index contributed by atoms with van der Waals surface area (Å²) in [5.41, 5.74) is 2.41. The maximum Gasteiger partial charge on any atom is 0.291 e. The number of aldehydes is 3. The topological polar surface area (TPSA) is 296 Å². The molecule has 24 heteroatoms. The SMILES string of the molecule is CCCCNC(=O)CCNC=O.CNCCC=O.CNc1cc(C=O)n(C)c1.CNc1cn(C)c(C)n1.Cn1cc(NC(=O)c2nccn2C)cc1C(=O)NCCC(=O)Nc1cn(C)c(C=O)n1. The molecule has 0 fully saturated rings. The van der Waals surface area contributed by atoms with Crippen molar-refractivity contribution in [3.8, 4) is 0 Å². The zero-order valence-electron chi connectivity index (χ0n) is 40.6. The van der Waals surface area contributed by atoms with Crippen LogP contribution in [0.5, 0.6) is 0 Å². The fourth-order valence-electron chi connectivity index (χ4n) is 5.32. The molecule has 24 nitrogen and oxygen atoms in total. The first kappa shape index (κ1) is 58.1. The number of aryl methyl sites for hydroxylation is 6. The fourth-order valence-corrected chi connectivity index (χ4v) is 5.32. The summed E-state index contributed by atoms with van der Waals surface area (Å²) in [6, 6.07) is 3.33. The van der Waals surface area contributed by atoms with Crippen molar-refractivity contribution in [2.45, 2.75) is 46.0 Å². The minimum absolute atomic E-state index is 0.00204. The predicted octanol–water partition coefficient (Wildman–Crippen LogP) is 1.80. The molecule has 0 saturated carbocycles. The van der Waals surface area contributed by atoms with Crippen molar-refractivity contribution in [2.24, 2.45) is 35.2 Å². The van der Waals surface area contributed by atoms with Gasteiger partial charge in [0, 0.05) is 132 Å². The summed E-state index contributed by atoms with van der Waals surface area (Å²) >= 11 is 0. The molecule has 5 heterocycles. The van der Waals surface area contributed by atoms with Crippen molar-refractivity contribution in [1.29, 1.82) is 0 Å². The highest BCUT2D eigenvalue weighted by molar-refractivity contribution is 6.03. The molecule has 0 aliphatic rings. The summed E-state index contributed by atoms with van der Waals surface area (Å²) in [6.07, 6.45) is 16.1. The average Bonchev–Trinajstić information content (AvgIpc) is 4.15. The lowest BCUT2D eigenvalue weighted by Crippen LogP contribution is -2.29. The monoisotopic (exact) mass is 949 g/mol. The summed E-state index contributed by atoms with van der Waals surface area (Å²) < 4.78 is 8.40. The number of unbranched alkanes of at least 4 members (excludes halogenated alkanes) is 1. The van der Waals surface area contributed by atoms with E-state index >= 15 is 0 Å². The van der Waals surface area contributed by atoms with Gasteiger partial charge in [0.1, 0.15) is 23.6 Å². The van der Waals surface area contributed by atoms with Crippen LogP contribution in [-0.2, 0) is 54.4 Å². The van der Waals surface area contributed by atoms with Gasteiger partial charge in [0.05, 0.1) is 17.1 Å². The van der Waals surface area contributed by atoms with Crippen LogP contribution in [0, 0.1) is 6.92 Å². The van der Waals surface area contributed by atoms with Crippen molar-refractivity contribution in [3.05, 3.63) is 78.2 Å². The number of hydrogen-bond donors (Lipinski definition) is 8. The smallest absolute Gasteiger partial charge is 0.291 e. The Kier molecular flexibility index (Phi) is 28.0. The molecule has 8 N–H and O–H groups in total. The average molecular weight is 949 g/mol. The van der Waals surface area contributed by atoms with Gasteiger partial charge in [-0.15, -0.1) is 0 Å². The standard InChI is InChI=1S/C19H22N8O4.C8H16N2O2.C7H10N2O.C6H11N3.C4H9NO/c1-25-7-6-20-17(25)19(31)22-12-8-13(26(2)9-12)18(30)21-5-4-16(29)24-14-10-27(3)15(11-28)23-14;1-2-3-5-10-8(12)4-6-9-7-11;1-8-6-3-7(5-10)9(2)4-6;1-5-8-6(7-2)4-9(5)3;1-5-3-2-4-6/h6-11H,4-5H2,1-3H3,(H,21,30)(H,22,31)(H,24,29);7H,2-6H2,1H3,(H,9,11)(H,10,12);3-5,8H,1-2H3;4,7H,1-3H3;4-5H,2-3H2,1H3. The number of aromatic nitrogens is 8. The largest absolute Gasteiger partial charge is 0.387 e. The van der Waals surface area contributed by atoms with Crippen LogP contribution in [-0.4, -0.2) is 134 Å². The van der Waals surface area contributed by atoms with Crippen LogP contribution >= 0.6 is 0 Å². The van der Waals surface area contributed by atoms with Gasteiger partial charge in [-0.2, -0.15) is 0 Å². The molecule has 0 bridgehead atoms.